The second-order valence-corrected chi connectivity index (χ2v) is 5.40. The van der Waals surface area contributed by atoms with Crippen LogP contribution in [-0.2, 0) is 6.54 Å². The van der Waals surface area contributed by atoms with Gasteiger partial charge in [0, 0.05) is 18.6 Å². The third-order valence-electron chi connectivity index (χ3n) is 4.35. The third kappa shape index (κ3) is 2.26. The minimum absolute atomic E-state index is 0.666. The number of furan rings is 1. The second-order valence-electron chi connectivity index (χ2n) is 5.40. The molecule has 0 aromatic carbocycles. The van der Waals surface area contributed by atoms with Crippen LogP contribution in [0.4, 0.5) is 0 Å². The Morgan fingerprint density at radius 1 is 1.35 bits per heavy atom. The van der Waals surface area contributed by atoms with Crippen LogP contribution in [0.1, 0.15) is 37.0 Å². The van der Waals surface area contributed by atoms with Crippen LogP contribution in [-0.4, -0.2) is 30.1 Å². The van der Waals surface area contributed by atoms with Gasteiger partial charge in [0.1, 0.15) is 5.76 Å². The van der Waals surface area contributed by atoms with Gasteiger partial charge in [0.25, 0.3) is 0 Å². The van der Waals surface area contributed by atoms with Crippen molar-refractivity contribution in [3.8, 4) is 0 Å². The number of nitrogens with zero attached hydrogens (tertiary/aromatic N) is 1. The Hall–Kier alpha value is -0.800. The summed E-state index contributed by atoms with van der Waals surface area (Å²) < 4.78 is 5.48. The maximum absolute atomic E-state index is 5.48. The Labute approximate surface area is 103 Å². The van der Waals surface area contributed by atoms with Gasteiger partial charge >= 0.3 is 0 Å². The highest BCUT2D eigenvalue weighted by atomic mass is 16.3. The van der Waals surface area contributed by atoms with Gasteiger partial charge in [0.2, 0.25) is 0 Å². The molecular weight excluding hydrogens is 212 g/mol. The zero-order valence-corrected chi connectivity index (χ0v) is 10.6. The smallest absolute Gasteiger partial charge is 0.120 e. The van der Waals surface area contributed by atoms with Gasteiger partial charge in [-0.15, -0.1) is 0 Å². The average Bonchev–Trinajstić information content (AvgIpc) is 2.93. The lowest BCUT2D eigenvalue weighted by atomic mass is 9.99. The summed E-state index contributed by atoms with van der Waals surface area (Å²) in [5, 5.41) is 3.69. The van der Waals surface area contributed by atoms with E-state index >= 15 is 0 Å². The molecule has 3 heteroatoms. The molecule has 1 aromatic heterocycles. The molecule has 2 saturated heterocycles. The quantitative estimate of drug-likeness (QED) is 0.870. The molecule has 3 rings (SSSR count). The number of hydrogen-bond donors (Lipinski definition) is 1. The first-order valence-corrected chi connectivity index (χ1v) is 6.85. The van der Waals surface area contributed by atoms with Gasteiger partial charge in [-0.25, -0.2) is 0 Å². The van der Waals surface area contributed by atoms with Crippen molar-refractivity contribution in [2.45, 2.75) is 51.2 Å². The Morgan fingerprint density at radius 3 is 3.12 bits per heavy atom. The monoisotopic (exact) mass is 234 g/mol. The van der Waals surface area contributed by atoms with E-state index in [1.54, 1.807) is 6.26 Å². The van der Waals surface area contributed by atoms with Gasteiger partial charge in [-0.05, 0) is 44.4 Å². The Balaban J connectivity index is 1.57. The Morgan fingerprint density at radius 2 is 2.29 bits per heavy atom. The number of fused-ring (bicyclic) bond motifs is 1. The Kier molecular flexibility index (Phi) is 3.21. The molecule has 94 valence electrons. The molecule has 0 aliphatic carbocycles. The summed E-state index contributed by atoms with van der Waals surface area (Å²) in [6, 6.07) is 3.48. The van der Waals surface area contributed by atoms with Gasteiger partial charge in [-0.3, -0.25) is 4.90 Å². The van der Waals surface area contributed by atoms with Gasteiger partial charge < -0.3 is 9.73 Å². The van der Waals surface area contributed by atoms with Crippen LogP contribution in [0, 0.1) is 6.92 Å². The fourth-order valence-electron chi connectivity index (χ4n) is 3.29. The predicted molar refractivity (Wildman–Crippen MR) is 67.9 cm³/mol. The molecular formula is C14H22N2O. The van der Waals surface area contributed by atoms with Crippen molar-refractivity contribution < 1.29 is 4.42 Å². The molecule has 0 spiro atoms. The van der Waals surface area contributed by atoms with Gasteiger partial charge in [-0.2, -0.15) is 0 Å². The predicted octanol–water partition coefficient (Wildman–Crippen LogP) is 2.30. The van der Waals surface area contributed by atoms with Crippen LogP contribution >= 0.6 is 0 Å². The van der Waals surface area contributed by atoms with E-state index in [0.29, 0.717) is 6.04 Å². The van der Waals surface area contributed by atoms with Crippen molar-refractivity contribution in [2.24, 2.45) is 0 Å². The van der Waals surface area contributed by atoms with Gasteiger partial charge in [-0.1, -0.05) is 6.42 Å². The topological polar surface area (TPSA) is 28.4 Å². The summed E-state index contributed by atoms with van der Waals surface area (Å²) in [5.74, 6) is 1.10. The summed E-state index contributed by atoms with van der Waals surface area (Å²) in [5.41, 5.74) is 1.26. The summed E-state index contributed by atoms with van der Waals surface area (Å²) in [6.45, 7) is 5.58. The molecule has 2 aliphatic heterocycles. The zero-order chi connectivity index (χ0) is 11.7. The molecule has 0 saturated carbocycles. The average molecular weight is 234 g/mol. The molecule has 1 N–H and O–H groups in total. The van der Waals surface area contributed by atoms with E-state index < -0.39 is 0 Å². The van der Waals surface area contributed by atoms with E-state index in [-0.39, 0.29) is 0 Å². The molecule has 0 bridgehead atoms. The first-order valence-electron chi connectivity index (χ1n) is 6.85. The number of piperidine rings is 1. The van der Waals surface area contributed by atoms with E-state index in [4.69, 9.17) is 4.42 Å². The van der Waals surface area contributed by atoms with Gasteiger partial charge in [0.15, 0.2) is 0 Å². The summed E-state index contributed by atoms with van der Waals surface area (Å²) >= 11 is 0. The van der Waals surface area contributed by atoms with Crippen molar-refractivity contribution in [1.82, 2.24) is 10.2 Å². The van der Waals surface area contributed by atoms with E-state index in [1.165, 1.54) is 44.3 Å². The number of hydrogen-bond acceptors (Lipinski definition) is 3. The molecule has 0 radical (unpaired) electrons. The van der Waals surface area contributed by atoms with Crippen LogP contribution in [0.2, 0.25) is 0 Å². The molecule has 2 fully saturated rings. The lowest BCUT2D eigenvalue weighted by Gasteiger charge is -2.32. The van der Waals surface area contributed by atoms with Crippen molar-refractivity contribution in [3.63, 3.8) is 0 Å². The molecule has 17 heavy (non-hydrogen) atoms. The first kappa shape index (κ1) is 11.3. The fourth-order valence-corrected chi connectivity index (χ4v) is 3.29. The minimum atomic E-state index is 0.666. The van der Waals surface area contributed by atoms with Crippen LogP contribution in [0.15, 0.2) is 16.7 Å². The summed E-state index contributed by atoms with van der Waals surface area (Å²) in [6.07, 6.45) is 7.24. The minimum Gasteiger partial charge on any atom is -0.468 e. The number of rotatable bonds is 3. The highest BCUT2D eigenvalue weighted by Gasteiger charge is 2.35. The molecule has 2 unspecified atom stereocenters. The van der Waals surface area contributed by atoms with Crippen LogP contribution in [0.25, 0.3) is 0 Å². The zero-order valence-electron chi connectivity index (χ0n) is 10.6. The number of aryl methyl sites for hydroxylation is 1. The molecule has 3 heterocycles. The van der Waals surface area contributed by atoms with E-state index in [9.17, 15) is 0 Å². The van der Waals surface area contributed by atoms with Gasteiger partial charge in [0.05, 0.1) is 12.8 Å². The standard InChI is InChI=1S/C14H22N2O/c1-11-6-9-17-14(11)10-15-12-5-8-16-7-3-2-4-13(12)16/h6,9,12-13,15H,2-5,7-8,10H2,1H3. The number of nitrogens with one attached hydrogen (secondary N) is 1. The van der Waals surface area contributed by atoms with E-state index in [0.717, 1.165) is 18.3 Å². The fraction of sp³-hybridized carbons (Fsp3) is 0.714. The maximum Gasteiger partial charge on any atom is 0.120 e. The van der Waals surface area contributed by atoms with Crippen LogP contribution in [0.3, 0.4) is 0 Å². The summed E-state index contributed by atoms with van der Waals surface area (Å²) in [7, 11) is 0. The van der Waals surface area contributed by atoms with Crippen molar-refractivity contribution >= 4 is 0 Å². The maximum atomic E-state index is 5.48. The van der Waals surface area contributed by atoms with Crippen molar-refractivity contribution in [2.75, 3.05) is 13.1 Å². The normalized spacial score (nSPS) is 29.5. The van der Waals surface area contributed by atoms with Crippen LogP contribution in [0.5, 0.6) is 0 Å². The SMILES string of the molecule is Cc1ccoc1CNC1CCN2CCCCC12. The molecule has 2 aliphatic rings. The lowest BCUT2D eigenvalue weighted by Crippen LogP contribution is -2.44. The molecule has 1 aromatic rings. The molecule has 2 atom stereocenters. The summed E-state index contributed by atoms with van der Waals surface area (Å²) in [4.78, 5) is 2.66. The van der Waals surface area contributed by atoms with E-state index in [2.05, 4.69) is 17.1 Å². The van der Waals surface area contributed by atoms with Crippen molar-refractivity contribution in [3.05, 3.63) is 23.7 Å². The van der Waals surface area contributed by atoms with E-state index in [1.807, 2.05) is 6.07 Å². The van der Waals surface area contributed by atoms with Crippen molar-refractivity contribution in [1.29, 1.82) is 0 Å². The Bertz CT molecular complexity index is 374. The second kappa shape index (κ2) is 4.83. The van der Waals surface area contributed by atoms with Crippen LogP contribution < -0.4 is 5.32 Å². The highest BCUT2D eigenvalue weighted by molar-refractivity contribution is 5.14. The highest BCUT2D eigenvalue weighted by Crippen LogP contribution is 2.27. The third-order valence-corrected chi connectivity index (χ3v) is 4.35. The largest absolute Gasteiger partial charge is 0.468 e. The molecule has 3 nitrogen and oxygen atoms in total. The first-order chi connectivity index (χ1) is 8.34. The lowest BCUT2D eigenvalue weighted by molar-refractivity contribution is 0.179. The molecule has 0 amide bonds.